The summed E-state index contributed by atoms with van der Waals surface area (Å²) in [6, 6.07) is 4.88. The number of carbonyl (C=O) groups excluding carboxylic acids is 1. The lowest BCUT2D eigenvalue weighted by molar-refractivity contribution is -0.141. The molecule has 4 rings (SSSR count). The summed E-state index contributed by atoms with van der Waals surface area (Å²) in [5.41, 5.74) is 0.373. The van der Waals surface area contributed by atoms with Crippen LogP contribution in [0.25, 0.3) is 5.65 Å². The van der Waals surface area contributed by atoms with E-state index >= 15 is 0 Å². The van der Waals surface area contributed by atoms with Gasteiger partial charge in [0.1, 0.15) is 28.5 Å². The number of rotatable bonds is 6. The highest BCUT2D eigenvalue weighted by atomic mass is 19.4. The highest BCUT2D eigenvalue weighted by Gasteiger charge is 2.33. The van der Waals surface area contributed by atoms with Gasteiger partial charge in [-0.1, -0.05) is 13.0 Å². The molecule has 0 aliphatic carbocycles. The SMILES string of the molecule is CCOc1cc2nc(C(C)[C@H]3CCOC3)cn2cc1NC(=O)c1cccc(C(F)(F)F)n1.[HH]. The Kier molecular flexibility index (Phi) is 6.05. The van der Waals surface area contributed by atoms with E-state index in [0.29, 0.717) is 36.2 Å². The number of fused-ring (bicyclic) bond motifs is 1. The van der Waals surface area contributed by atoms with Crippen LogP contribution < -0.4 is 10.1 Å². The number of aromatic nitrogens is 3. The van der Waals surface area contributed by atoms with Crippen molar-refractivity contribution in [1.29, 1.82) is 0 Å². The Morgan fingerprint density at radius 1 is 1.38 bits per heavy atom. The van der Waals surface area contributed by atoms with Crippen molar-refractivity contribution in [1.82, 2.24) is 14.4 Å². The minimum absolute atomic E-state index is 0. The molecule has 0 spiro atoms. The molecule has 0 bridgehead atoms. The molecule has 10 heteroatoms. The van der Waals surface area contributed by atoms with E-state index in [0.717, 1.165) is 30.9 Å². The molecule has 7 nitrogen and oxygen atoms in total. The van der Waals surface area contributed by atoms with Crippen LogP contribution in [0.5, 0.6) is 5.75 Å². The topological polar surface area (TPSA) is 77.8 Å². The minimum atomic E-state index is -4.64. The van der Waals surface area contributed by atoms with Crippen molar-refractivity contribution in [3.8, 4) is 5.75 Å². The molecule has 3 aromatic rings. The first-order valence-electron chi connectivity index (χ1n) is 10.3. The lowest BCUT2D eigenvalue weighted by atomic mass is 9.91. The Morgan fingerprint density at radius 3 is 2.88 bits per heavy atom. The van der Waals surface area contributed by atoms with Gasteiger partial charge in [-0.3, -0.25) is 4.79 Å². The number of hydrogen-bond acceptors (Lipinski definition) is 5. The molecule has 1 fully saturated rings. The molecular formula is C22H25F3N4O3. The second-order valence-corrected chi connectivity index (χ2v) is 7.69. The lowest BCUT2D eigenvalue weighted by Gasteiger charge is -2.14. The van der Waals surface area contributed by atoms with Gasteiger partial charge < -0.3 is 19.2 Å². The van der Waals surface area contributed by atoms with E-state index in [1.807, 2.05) is 6.20 Å². The number of pyridine rings is 2. The Morgan fingerprint density at radius 2 is 2.19 bits per heavy atom. The number of imidazole rings is 1. The van der Waals surface area contributed by atoms with E-state index < -0.39 is 17.8 Å². The highest BCUT2D eigenvalue weighted by molar-refractivity contribution is 6.03. The lowest BCUT2D eigenvalue weighted by Crippen LogP contribution is -2.17. The molecule has 1 unspecified atom stereocenters. The number of anilines is 1. The monoisotopic (exact) mass is 450 g/mol. The number of amides is 1. The number of hydrogen-bond donors (Lipinski definition) is 1. The first kappa shape index (κ1) is 22.1. The maximum atomic E-state index is 12.9. The number of alkyl halides is 3. The minimum Gasteiger partial charge on any atom is -0.491 e. The molecule has 1 saturated heterocycles. The van der Waals surface area contributed by atoms with Crippen LogP contribution in [0.2, 0.25) is 0 Å². The summed E-state index contributed by atoms with van der Waals surface area (Å²) >= 11 is 0. The standard InChI is InChI=1S/C22H23F3N4O3.H2/c1-3-32-18-9-20-27-16(13(2)14-7-8-31-12-14)10-29(20)11-17(18)28-21(30)15-5-4-6-19(26-15)22(23,24)25;/h4-6,9-11,13-14H,3,7-8,12H2,1-2H3,(H,28,30);1H/t13?,14-;/m0./s1. The zero-order chi connectivity index (χ0) is 22.9. The molecule has 1 amide bonds. The van der Waals surface area contributed by atoms with Crippen molar-refractivity contribution in [3.63, 3.8) is 0 Å². The van der Waals surface area contributed by atoms with Crippen molar-refractivity contribution in [2.75, 3.05) is 25.1 Å². The summed E-state index contributed by atoms with van der Waals surface area (Å²) in [6.07, 6.45) is -0.142. The van der Waals surface area contributed by atoms with Crippen LogP contribution in [0.4, 0.5) is 18.9 Å². The fourth-order valence-corrected chi connectivity index (χ4v) is 3.72. The quantitative estimate of drug-likeness (QED) is 0.585. The van der Waals surface area contributed by atoms with E-state index in [-0.39, 0.29) is 13.0 Å². The summed E-state index contributed by atoms with van der Waals surface area (Å²) in [7, 11) is 0. The molecule has 1 aliphatic rings. The third-order valence-corrected chi connectivity index (χ3v) is 5.53. The number of carbonyl (C=O) groups is 1. The molecule has 172 valence electrons. The molecular weight excluding hydrogens is 425 g/mol. The molecule has 32 heavy (non-hydrogen) atoms. The molecule has 2 atom stereocenters. The van der Waals surface area contributed by atoms with Crippen molar-refractivity contribution < 1.29 is 28.9 Å². The summed E-state index contributed by atoms with van der Waals surface area (Å²) in [6.45, 7) is 5.68. The number of nitrogens with one attached hydrogen (secondary N) is 1. The largest absolute Gasteiger partial charge is 0.491 e. The average molecular weight is 450 g/mol. The summed E-state index contributed by atoms with van der Waals surface area (Å²) in [4.78, 5) is 20.8. The van der Waals surface area contributed by atoms with Gasteiger partial charge in [-0.05, 0) is 31.4 Å². The zero-order valence-corrected chi connectivity index (χ0v) is 17.6. The van der Waals surface area contributed by atoms with Gasteiger partial charge in [-0.15, -0.1) is 0 Å². The highest BCUT2D eigenvalue weighted by Crippen LogP contribution is 2.33. The second-order valence-electron chi connectivity index (χ2n) is 7.69. The van der Waals surface area contributed by atoms with Crippen LogP contribution in [0, 0.1) is 5.92 Å². The molecule has 3 aromatic heterocycles. The van der Waals surface area contributed by atoms with Crippen molar-refractivity contribution in [2.45, 2.75) is 32.4 Å². The van der Waals surface area contributed by atoms with Crippen LogP contribution in [-0.2, 0) is 10.9 Å². The average Bonchev–Trinajstić information content (AvgIpc) is 3.43. The van der Waals surface area contributed by atoms with Crippen molar-refractivity contribution >= 4 is 17.2 Å². The predicted molar refractivity (Wildman–Crippen MR) is 113 cm³/mol. The predicted octanol–water partition coefficient (Wildman–Crippen LogP) is 4.79. The normalized spacial score (nSPS) is 17.5. The van der Waals surface area contributed by atoms with Gasteiger partial charge >= 0.3 is 6.18 Å². The van der Waals surface area contributed by atoms with Gasteiger partial charge in [-0.25, -0.2) is 9.97 Å². The van der Waals surface area contributed by atoms with E-state index in [4.69, 9.17) is 14.5 Å². The Labute approximate surface area is 184 Å². The molecule has 1 aliphatic heterocycles. The van der Waals surface area contributed by atoms with Crippen LogP contribution in [0.3, 0.4) is 0 Å². The Bertz CT molecular complexity index is 1130. The Balaban J connectivity index is 0.00000306. The first-order valence-corrected chi connectivity index (χ1v) is 10.3. The van der Waals surface area contributed by atoms with Crippen molar-refractivity contribution in [2.24, 2.45) is 5.92 Å². The molecule has 0 aromatic carbocycles. The molecule has 1 N–H and O–H groups in total. The number of halogens is 3. The van der Waals surface area contributed by atoms with Gasteiger partial charge in [0.05, 0.1) is 18.9 Å². The van der Waals surface area contributed by atoms with Gasteiger partial charge in [0.2, 0.25) is 0 Å². The second kappa shape index (κ2) is 8.78. The van der Waals surface area contributed by atoms with Crippen LogP contribution in [-0.4, -0.2) is 40.1 Å². The molecule has 0 radical (unpaired) electrons. The third-order valence-electron chi connectivity index (χ3n) is 5.53. The third kappa shape index (κ3) is 4.55. The van der Waals surface area contributed by atoms with Gasteiger partial charge in [0, 0.05) is 32.4 Å². The first-order chi connectivity index (χ1) is 15.3. The van der Waals surface area contributed by atoms with Gasteiger partial charge in [0.15, 0.2) is 0 Å². The smallest absolute Gasteiger partial charge is 0.433 e. The summed E-state index contributed by atoms with van der Waals surface area (Å²) in [5, 5.41) is 2.61. The number of nitrogens with zero attached hydrogens (tertiary/aromatic N) is 3. The maximum absolute atomic E-state index is 12.9. The summed E-state index contributed by atoms with van der Waals surface area (Å²) in [5.74, 6) is 0.181. The Hall–Kier alpha value is -3.14. The number of ether oxygens (including phenoxy) is 2. The van der Waals surface area contributed by atoms with Gasteiger partial charge in [-0.2, -0.15) is 13.2 Å². The van der Waals surface area contributed by atoms with Crippen LogP contribution >= 0.6 is 0 Å². The van der Waals surface area contributed by atoms with E-state index in [1.54, 1.807) is 23.6 Å². The van der Waals surface area contributed by atoms with E-state index in [1.165, 1.54) is 6.07 Å². The van der Waals surface area contributed by atoms with E-state index in [2.05, 4.69) is 17.2 Å². The van der Waals surface area contributed by atoms with Crippen LogP contribution in [0.1, 0.15) is 49.5 Å². The fourth-order valence-electron chi connectivity index (χ4n) is 3.72. The maximum Gasteiger partial charge on any atom is 0.433 e. The fraction of sp³-hybridized carbons (Fsp3) is 0.409. The molecule has 0 saturated carbocycles. The van der Waals surface area contributed by atoms with Crippen LogP contribution in [0.15, 0.2) is 36.7 Å². The zero-order valence-electron chi connectivity index (χ0n) is 17.6. The molecule has 4 heterocycles. The summed E-state index contributed by atoms with van der Waals surface area (Å²) < 4.78 is 51.7. The van der Waals surface area contributed by atoms with Gasteiger partial charge in [0.25, 0.3) is 5.91 Å². The van der Waals surface area contributed by atoms with E-state index in [9.17, 15) is 18.0 Å². The van der Waals surface area contributed by atoms with Crippen molar-refractivity contribution in [3.05, 3.63) is 53.7 Å².